The van der Waals surface area contributed by atoms with Crippen molar-refractivity contribution in [2.45, 2.75) is 12.8 Å². The van der Waals surface area contributed by atoms with Gasteiger partial charge in [0.2, 0.25) is 5.75 Å². The van der Waals surface area contributed by atoms with E-state index < -0.39 is 27.3 Å². The Balaban J connectivity index is 1.63. The van der Waals surface area contributed by atoms with Crippen LogP contribution in [-0.4, -0.2) is 16.1 Å². The second-order valence-electron chi connectivity index (χ2n) is 6.54. The lowest BCUT2D eigenvalue weighted by molar-refractivity contribution is -0.385. The van der Waals surface area contributed by atoms with Gasteiger partial charge in [-0.15, -0.1) is 0 Å². The molecule has 0 saturated carbocycles. The van der Waals surface area contributed by atoms with Crippen molar-refractivity contribution in [2.24, 2.45) is 5.16 Å². The van der Waals surface area contributed by atoms with Gasteiger partial charge in [-0.2, -0.15) is 13.2 Å². The first-order valence-electron chi connectivity index (χ1n) is 9.16. The van der Waals surface area contributed by atoms with Crippen LogP contribution in [-0.2, 0) is 17.6 Å². The van der Waals surface area contributed by atoms with Gasteiger partial charge in [0.1, 0.15) is 12.4 Å². The maximum atomic E-state index is 12.8. The smallest absolute Gasteiger partial charge is 0.416 e. The van der Waals surface area contributed by atoms with Crippen molar-refractivity contribution in [1.29, 1.82) is 0 Å². The first-order valence-corrected chi connectivity index (χ1v) is 9.16. The zero-order valence-electron chi connectivity index (χ0n) is 16.6. The van der Waals surface area contributed by atoms with Crippen LogP contribution in [0.3, 0.4) is 0 Å². The summed E-state index contributed by atoms with van der Waals surface area (Å²) in [5.41, 5.74) is -0.904. The molecule has 0 aromatic heterocycles. The summed E-state index contributed by atoms with van der Waals surface area (Å²) in [5.74, 6) is -0.178. The molecule has 3 aromatic rings. The van der Waals surface area contributed by atoms with Crippen molar-refractivity contribution in [3.05, 3.63) is 104 Å². The molecule has 3 rings (SSSR count). The molecule has 0 N–H and O–H groups in total. The minimum Gasteiger partial charge on any atom is -0.450 e. The summed E-state index contributed by atoms with van der Waals surface area (Å²) in [7, 11) is 0. The van der Waals surface area contributed by atoms with Gasteiger partial charge in [-0.1, -0.05) is 17.3 Å². The van der Waals surface area contributed by atoms with Gasteiger partial charge >= 0.3 is 11.9 Å². The van der Waals surface area contributed by atoms with E-state index in [0.29, 0.717) is 23.3 Å². The zero-order valence-corrected chi connectivity index (χ0v) is 16.6. The molecule has 3 aromatic carbocycles. The molecular formula is C21H14F3N3O6. The molecule has 0 spiro atoms. The number of nitro groups is 2. The van der Waals surface area contributed by atoms with Crippen LogP contribution < -0.4 is 4.74 Å². The molecule has 0 heterocycles. The minimum atomic E-state index is -4.72. The molecule has 0 amide bonds. The fraction of sp³-hybridized carbons (Fsp3) is 0.0952. The summed E-state index contributed by atoms with van der Waals surface area (Å²) >= 11 is 0. The standard InChI is InChI=1S/C21H14F3N3O6/c22-21(23,24)16-6-9-20(19(11-16)27(30)31)33-18-7-4-14(5-8-18)12-25-32-13-15-2-1-3-17(10-15)26(28)29/h1-12H,13H2/b25-12-. The molecule has 0 fully saturated rings. The highest BCUT2D eigenvalue weighted by Crippen LogP contribution is 2.37. The normalized spacial score (nSPS) is 11.4. The maximum absolute atomic E-state index is 12.8. The summed E-state index contributed by atoms with van der Waals surface area (Å²) in [4.78, 5) is 25.5. The van der Waals surface area contributed by atoms with E-state index >= 15 is 0 Å². The Morgan fingerprint density at radius 1 is 0.939 bits per heavy atom. The molecule has 0 bridgehead atoms. The van der Waals surface area contributed by atoms with E-state index in [0.717, 1.165) is 6.07 Å². The van der Waals surface area contributed by atoms with Crippen LogP contribution in [0, 0.1) is 20.2 Å². The first-order chi connectivity index (χ1) is 15.6. The number of rotatable bonds is 8. The lowest BCUT2D eigenvalue weighted by Gasteiger charge is -2.10. The number of benzene rings is 3. The van der Waals surface area contributed by atoms with Gasteiger partial charge in [-0.25, -0.2) is 0 Å². The van der Waals surface area contributed by atoms with Gasteiger partial charge in [0.05, 0.1) is 21.6 Å². The van der Waals surface area contributed by atoms with Gasteiger partial charge in [0, 0.05) is 18.2 Å². The highest BCUT2D eigenvalue weighted by atomic mass is 19.4. The number of halogens is 3. The fourth-order valence-electron chi connectivity index (χ4n) is 2.64. The number of hydrogen-bond donors (Lipinski definition) is 0. The average Bonchev–Trinajstić information content (AvgIpc) is 2.77. The first kappa shape index (κ1) is 23.2. The molecule has 9 nitrogen and oxygen atoms in total. The van der Waals surface area contributed by atoms with E-state index in [1.165, 1.54) is 36.5 Å². The van der Waals surface area contributed by atoms with Gasteiger partial charge in [0.25, 0.3) is 5.69 Å². The van der Waals surface area contributed by atoms with Crippen molar-refractivity contribution in [1.82, 2.24) is 0 Å². The van der Waals surface area contributed by atoms with Gasteiger partial charge in [-0.3, -0.25) is 20.2 Å². The number of nitrogens with zero attached hydrogens (tertiary/aromatic N) is 3. The predicted molar refractivity (Wildman–Crippen MR) is 110 cm³/mol. The quantitative estimate of drug-likeness (QED) is 0.235. The number of ether oxygens (including phenoxy) is 1. The molecule has 170 valence electrons. The zero-order chi connectivity index (χ0) is 24.0. The third kappa shape index (κ3) is 6.26. The summed E-state index contributed by atoms with van der Waals surface area (Å²) in [6.07, 6.45) is -3.36. The number of nitro benzene ring substituents is 2. The van der Waals surface area contributed by atoms with Crippen molar-refractivity contribution in [2.75, 3.05) is 0 Å². The molecule has 0 aliphatic carbocycles. The molecule has 0 radical (unpaired) electrons. The van der Waals surface area contributed by atoms with E-state index in [4.69, 9.17) is 9.57 Å². The summed E-state index contributed by atoms with van der Waals surface area (Å²) in [6, 6.07) is 13.9. The Kier molecular flexibility index (Phi) is 6.86. The lowest BCUT2D eigenvalue weighted by Crippen LogP contribution is -2.06. The Morgan fingerprint density at radius 3 is 2.30 bits per heavy atom. The van der Waals surface area contributed by atoms with Crippen LogP contribution in [0.1, 0.15) is 16.7 Å². The van der Waals surface area contributed by atoms with Crippen LogP contribution in [0.5, 0.6) is 11.5 Å². The van der Waals surface area contributed by atoms with Crippen molar-refractivity contribution >= 4 is 17.6 Å². The maximum Gasteiger partial charge on any atom is 0.416 e. The second-order valence-corrected chi connectivity index (χ2v) is 6.54. The Hall–Kier alpha value is -4.48. The highest BCUT2D eigenvalue weighted by molar-refractivity contribution is 5.79. The number of hydrogen-bond acceptors (Lipinski definition) is 7. The van der Waals surface area contributed by atoms with Crippen LogP contribution in [0.4, 0.5) is 24.5 Å². The van der Waals surface area contributed by atoms with E-state index in [-0.39, 0.29) is 23.8 Å². The second kappa shape index (κ2) is 9.77. The molecule has 0 saturated heterocycles. The van der Waals surface area contributed by atoms with E-state index in [9.17, 15) is 33.4 Å². The van der Waals surface area contributed by atoms with Crippen molar-refractivity contribution in [3.63, 3.8) is 0 Å². The van der Waals surface area contributed by atoms with Crippen molar-refractivity contribution < 1.29 is 32.6 Å². The molecule has 12 heteroatoms. The van der Waals surface area contributed by atoms with Gasteiger partial charge < -0.3 is 9.57 Å². The Labute approximate surface area is 184 Å². The van der Waals surface area contributed by atoms with Crippen LogP contribution in [0.25, 0.3) is 0 Å². The Bertz CT molecular complexity index is 1200. The molecule has 0 atom stereocenters. The largest absolute Gasteiger partial charge is 0.450 e. The molecular weight excluding hydrogens is 447 g/mol. The molecule has 0 unspecified atom stereocenters. The molecule has 0 aliphatic rings. The lowest BCUT2D eigenvalue weighted by atomic mass is 10.2. The SMILES string of the molecule is O=[N+]([O-])c1cccc(CO/N=C\c2ccc(Oc3ccc(C(F)(F)F)cc3[N+](=O)[O-])cc2)c1. The van der Waals surface area contributed by atoms with Gasteiger partial charge in [-0.05, 0) is 47.5 Å². The summed E-state index contributed by atoms with van der Waals surface area (Å²) in [5, 5.41) is 25.7. The summed E-state index contributed by atoms with van der Waals surface area (Å²) < 4.78 is 43.8. The highest BCUT2D eigenvalue weighted by Gasteiger charge is 2.33. The Morgan fingerprint density at radius 2 is 1.67 bits per heavy atom. The molecule has 0 aliphatic heterocycles. The number of non-ortho nitro benzene ring substituents is 1. The average molecular weight is 461 g/mol. The van der Waals surface area contributed by atoms with E-state index in [1.807, 2.05) is 0 Å². The van der Waals surface area contributed by atoms with Crippen LogP contribution >= 0.6 is 0 Å². The molecule has 33 heavy (non-hydrogen) atoms. The topological polar surface area (TPSA) is 117 Å². The third-order valence-electron chi connectivity index (χ3n) is 4.22. The van der Waals surface area contributed by atoms with Crippen molar-refractivity contribution in [3.8, 4) is 11.5 Å². The van der Waals surface area contributed by atoms with Gasteiger partial charge in [0.15, 0.2) is 0 Å². The fourth-order valence-corrected chi connectivity index (χ4v) is 2.64. The van der Waals surface area contributed by atoms with Crippen LogP contribution in [0.15, 0.2) is 71.9 Å². The number of alkyl halides is 3. The number of oxime groups is 1. The third-order valence-corrected chi connectivity index (χ3v) is 4.22. The van der Waals surface area contributed by atoms with E-state index in [1.54, 1.807) is 18.2 Å². The monoisotopic (exact) mass is 461 g/mol. The minimum absolute atomic E-state index is 0.0109. The summed E-state index contributed by atoms with van der Waals surface area (Å²) in [6.45, 7) is 0.0109. The predicted octanol–water partition coefficient (Wildman–Crippen LogP) is 5.86. The van der Waals surface area contributed by atoms with Crippen LogP contribution in [0.2, 0.25) is 0 Å². The van der Waals surface area contributed by atoms with E-state index in [2.05, 4.69) is 5.16 Å².